The van der Waals surface area contributed by atoms with Gasteiger partial charge in [-0.1, -0.05) is 42.5 Å². The van der Waals surface area contributed by atoms with Crippen LogP contribution in [0.25, 0.3) is 11.1 Å². The Bertz CT molecular complexity index is 1070. The Morgan fingerprint density at radius 2 is 1.90 bits per heavy atom. The van der Waals surface area contributed by atoms with Gasteiger partial charge in [0, 0.05) is 36.8 Å². The van der Waals surface area contributed by atoms with Crippen molar-refractivity contribution in [2.24, 2.45) is 0 Å². The second-order valence-corrected chi connectivity index (χ2v) is 8.05. The van der Waals surface area contributed by atoms with E-state index in [0.717, 1.165) is 48.3 Å². The molecule has 1 N–H and O–H groups in total. The zero-order chi connectivity index (χ0) is 21.8. The topological polar surface area (TPSA) is 41.6 Å². The third-order valence-electron chi connectivity index (χ3n) is 5.83. The monoisotopic (exact) mass is 418 g/mol. The zero-order valence-electron chi connectivity index (χ0n) is 17.9. The average Bonchev–Trinajstić information content (AvgIpc) is 3.21. The summed E-state index contributed by atoms with van der Waals surface area (Å²) in [6.07, 6.45) is 0.941. The summed E-state index contributed by atoms with van der Waals surface area (Å²) in [6, 6.07) is 20.5. The second kappa shape index (κ2) is 9.31. The van der Waals surface area contributed by atoms with E-state index in [0.29, 0.717) is 5.75 Å². The molecule has 0 aromatic heterocycles. The molecule has 31 heavy (non-hydrogen) atoms. The van der Waals surface area contributed by atoms with E-state index in [1.165, 1.54) is 17.7 Å². The van der Waals surface area contributed by atoms with Crippen LogP contribution in [0.4, 0.5) is 4.39 Å². The summed E-state index contributed by atoms with van der Waals surface area (Å²) in [6.45, 7) is 4.55. The Hall–Kier alpha value is -3.18. The number of aryl methyl sites for hydroxylation is 1. The van der Waals surface area contributed by atoms with Crippen LogP contribution < -0.4 is 10.1 Å². The number of hydrogen-bond donors (Lipinski definition) is 1. The smallest absolute Gasteiger partial charge is 0.251 e. The summed E-state index contributed by atoms with van der Waals surface area (Å²) in [5.74, 6) is 0.370. The van der Waals surface area contributed by atoms with E-state index in [-0.39, 0.29) is 17.8 Å². The molecule has 0 aliphatic carbocycles. The van der Waals surface area contributed by atoms with E-state index in [2.05, 4.69) is 22.3 Å². The van der Waals surface area contributed by atoms with Crippen molar-refractivity contribution in [3.05, 3.63) is 89.2 Å². The molecule has 1 atom stereocenters. The number of amides is 1. The van der Waals surface area contributed by atoms with Gasteiger partial charge in [0.05, 0.1) is 7.11 Å². The van der Waals surface area contributed by atoms with Crippen LogP contribution in [-0.4, -0.2) is 37.0 Å². The normalized spacial score (nSPS) is 16.3. The van der Waals surface area contributed by atoms with Crippen LogP contribution in [0.2, 0.25) is 0 Å². The number of likely N-dealkylation sites (tertiary alicyclic amines) is 1. The van der Waals surface area contributed by atoms with Gasteiger partial charge in [-0.25, -0.2) is 4.39 Å². The number of methoxy groups -OCH3 is 1. The molecule has 3 aromatic carbocycles. The molecule has 0 radical (unpaired) electrons. The number of rotatable bonds is 6. The van der Waals surface area contributed by atoms with Crippen molar-refractivity contribution in [3.8, 4) is 16.9 Å². The van der Waals surface area contributed by atoms with Gasteiger partial charge in [0.15, 0.2) is 0 Å². The third kappa shape index (κ3) is 4.94. The number of hydrogen-bond acceptors (Lipinski definition) is 3. The van der Waals surface area contributed by atoms with E-state index < -0.39 is 0 Å². The van der Waals surface area contributed by atoms with Gasteiger partial charge in [-0.05, 0) is 54.3 Å². The number of halogens is 1. The van der Waals surface area contributed by atoms with Crippen LogP contribution in [0.1, 0.15) is 27.9 Å². The SMILES string of the molecule is COc1ccc(F)cc1-c1ccc(CN2CCC(NC(=O)c3ccccc3C)C2)cc1. The lowest BCUT2D eigenvalue weighted by Crippen LogP contribution is -2.37. The molecule has 3 aromatic rings. The van der Waals surface area contributed by atoms with Crippen LogP contribution in [0.5, 0.6) is 5.75 Å². The highest BCUT2D eigenvalue weighted by atomic mass is 19.1. The van der Waals surface area contributed by atoms with Crippen molar-refractivity contribution in [3.63, 3.8) is 0 Å². The Kier molecular flexibility index (Phi) is 6.33. The van der Waals surface area contributed by atoms with Crippen LogP contribution in [-0.2, 0) is 6.54 Å². The lowest BCUT2D eigenvalue weighted by molar-refractivity contribution is 0.0937. The minimum Gasteiger partial charge on any atom is -0.496 e. The van der Waals surface area contributed by atoms with Crippen LogP contribution in [0.15, 0.2) is 66.7 Å². The Morgan fingerprint density at radius 3 is 2.65 bits per heavy atom. The largest absolute Gasteiger partial charge is 0.496 e. The average molecular weight is 419 g/mol. The minimum atomic E-state index is -0.282. The highest BCUT2D eigenvalue weighted by Gasteiger charge is 2.24. The summed E-state index contributed by atoms with van der Waals surface area (Å²) in [5.41, 5.74) is 4.58. The zero-order valence-corrected chi connectivity index (χ0v) is 17.9. The fourth-order valence-electron chi connectivity index (χ4n) is 4.14. The molecule has 1 unspecified atom stereocenters. The summed E-state index contributed by atoms with van der Waals surface area (Å²) < 4.78 is 19.1. The second-order valence-electron chi connectivity index (χ2n) is 8.05. The Labute approximate surface area is 182 Å². The molecule has 0 spiro atoms. The number of nitrogens with zero attached hydrogens (tertiary/aromatic N) is 1. The van der Waals surface area contributed by atoms with Gasteiger partial charge in [-0.2, -0.15) is 0 Å². The van der Waals surface area contributed by atoms with Crippen molar-refractivity contribution in [1.82, 2.24) is 10.2 Å². The first-order valence-electron chi connectivity index (χ1n) is 10.5. The molecule has 1 fully saturated rings. The molecule has 0 saturated carbocycles. The number of carbonyl (C=O) groups excluding carboxylic acids is 1. The van der Waals surface area contributed by atoms with E-state index in [9.17, 15) is 9.18 Å². The summed E-state index contributed by atoms with van der Waals surface area (Å²) in [5, 5.41) is 3.17. The maximum absolute atomic E-state index is 13.7. The van der Waals surface area contributed by atoms with Gasteiger partial charge >= 0.3 is 0 Å². The molecule has 0 bridgehead atoms. The fraction of sp³-hybridized carbons (Fsp3) is 0.269. The molecular formula is C26H27FN2O2. The van der Waals surface area contributed by atoms with Gasteiger partial charge < -0.3 is 10.1 Å². The highest BCUT2D eigenvalue weighted by Crippen LogP contribution is 2.31. The summed E-state index contributed by atoms with van der Waals surface area (Å²) >= 11 is 0. The predicted molar refractivity (Wildman–Crippen MR) is 121 cm³/mol. The molecule has 5 heteroatoms. The fourth-order valence-corrected chi connectivity index (χ4v) is 4.14. The Morgan fingerprint density at radius 1 is 1.13 bits per heavy atom. The maximum Gasteiger partial charge on any atom is 0.251 e. The molecule has 1 aliphatic rings. The van der Waals surface area contributed by atoms with Gasteiger partial charge in [0.25, 0.3) is 5.91 Å². The Balaban J connectivity index is 1.36. The van der Waals surface area contributed by atoms with Crippen molar-refractivity contribution in [1.29, 1.82) is 0 Å². The summed E-state index contributed by atoms with van der Waals surface area (Å²) in [7, 11) is 1.59. The lowest BCUT2D eigenvalue weighted by Gasteiger charge is -2.17. The molecule has 160 valence electrons. The molecule has 4 rings (SSSR count). The first-order chi connectivity index (χ1) is 15.0. The van der Waals surface area contributed by atoms with Gasteiger partial charge in [0.2, 0.25) is 0 Å². The quantitative estimate of drug-likeness (QED) is 0.624. The number of benzene rings is 3. The molecule has 1 aliphatic heterocycles. The maximum atomic E-state index is 13.7. The lowest BCUT2D eigenvalue weighted by atomic mass is 10.0. The first kappa shape index (κ1) is 21.1. The predicted octanol–water partition coefficient (Wildman–Crippen LogP) is 4.81. The van der Waals surface area contributed by atoms with Gasteiger partial charge in [-0.15, -0.1) is 0 Å². The van der Waals surface area contributed by atoms with Crippen molar-refractivity contribution < 1.29 is 13.9 Å². The minimum absolute atomic E-state index is 0.00153. The van der Waals surface area contributed by atoms with Crippen molar-refractivity contribution >= 4 is 5.91 Å². The van der Waals surface area contributed by atoms with E-state index in [1.54, 1.807) is 13.2 Å². The molecule has 1 amide bonds. The van der Waals surface area contributed by atoms with Crippen LogP contribution in [0.3, 0.4) is 0 Å². The molecular weight excluding hydrogens is 391 g/mol. The molecule has 1 saturated heterocycles. The third-order valence-corrected chi connectivity index (χ3v) is 5.83. The number of carbonyl (C=O) groups is 1. The standard InChI is InChI=1S/C26H27FN2O2/c1-18-5-3-4-6-23(18)26(30)28-22-13-14-29(17-22)16-19-7-9-20(10-8-19)24-15-21(27)11-12-25(24)31-2/h3-12,15,22H,13-14,16-17H2,1-2H3,(H,28,30). The van der Waals surface area contributed by atoms with E-state index >= 15 is 0 Å². The van der Waals surface area contributed by atoms with Crippen LogP contribution >= 0.6 is 0 Å². The molecule has 4 nitrogen and oxygen atoms in total. The van der Waals surface area contributed by atoms with E-state index in [1.807, 2.05) is 43.3 Å². The van der Waals surface area contributed by atoms with Crippen molar-refractivity contribution in [2.75, 3.05) is 20.2 Å². The van der Waals surface area contributed by atoms with Crippen molar-refractivity contribution in [2.45, 2.75) is 25.9 Å². The number of nitrogens with one attached hydrogen (secondary N) is 1. The molecule has 1 heterocycles. The highest BCUT2D eigenvalue weighted by molar-refractivity contribution is 5.95. The van der Waals surface area contributed by atoms with Gasteiger partial charge in [0.1, 0.15) is 11.6 Å². The number of ether oxygens (including phenoxy) is 1. The van der Waals surface area contributed by atoms with Gasteiger partial charge in [-0.3, -0.25) is 9.69 Å². The van der Waals surface area contributed by atoms with E-state index in [4.69, 9.17) is 4.74 Å². The van der Waals surface area contributed by atoms with Crippen LogP contribution in [0, 0.1) is 12.7 Å². The summed E-state index contributed by atoms with van der Waals surface area (Å²) in [4.78, 5) is 14.9. The first-order valence-corrected chi connectivity index (χ1v) is 10.5.